The summed E-state index contributed by atoms with van der Waals surface area (Å²) in [5.74, 6) is 0.892. The first-order valence-corrected chi connectivity index (χ1v) is 6.84. The Morgan fingerprint density at radius 1 is 0.850 bits per heavy atom. The van der Waals surface area contributed by atoms with Crippen molar-refractivity contribution in [3.05, 3.63) is 54.1 Å². The average molecular weight is 271 g/mol. The number of hydrogen-bond donors (Lipinski definition) is 1. The minimum Gasteiger partial charge on any atom is -0.494 e. The molecule has 0 heterocycles. The van der Waals surface area contributed by atoms with Crippen molar-refractivity contribution < 1.29 is 9.47 Å². The Kier molecular flexibility index (Phi) is 5.59. The molecule has 0 aliphatic carbocycles. The highest BCUT2D eigenvalue weighted by Crippen LogP contribution is 2.22. The van der Waals surface area contributed by atoms with Gasteiger partial charge in [-0.05, 0) is 28.8 Å². The van der Waals surface area contributed by atoms with Gasteiger partial charge < -0.3 is 15.2 Å². The molecule has 20 heavy (non-hydrogen) atoms. The summed E-state index contributed by atoms with van der Waals surface area (Å²) in [6.45, 7) is 1.98. The molecule has 2 rings (SSSR count). The summed E-state index contributed by atoms with van der Waals surface area (Å²) in [5.41, 5.74) is 9.11. The average Bonchev–Trinajstić information content (AvgIpc) is 2.52. The fourth-order valence-corrected chi connectivity index (χ4v) is 1.97. The molecule has 2 aromatic carbocycles. The first-order chi connectivity index (χ1) is 9.83. The Labute approximate surface area is 120 Å². The molecule has 0 aromatic heterocycles. The first-order valence-electron chi connectivity index (χ1n) is 6.84. The zero-order chi connectivity index (χ0) is 14.2. The molecule has 0 atom stereocenters. The van der Waals surface area contributed by atoms with Crippen LogP contribution in [0.25, 0.3) is 11.1 Å². The van der Waals surface area contributed by atoms with Crippen molar-refractivity contribution in [2.24, 2.45) is 5.73 Å². The zero-order valence-corrected chi connectivity index (χ0v) is 11.8. The Balaban J connectivity index is 1.96. The second-order valence-electron chi connectivity index (χ2n) is 4.62. The molecule has 2 aromatic rings. The molecule has 0 radical (unpaired) electrons. The molecule has 0 saturated heterocycles. The number of benzene rings is 2. The van der Waals surface area contributed by atoms with Crippen LogP contribution in [0.1, 0.15) is 12.0 Å². The number of methoxy groups -OCH3 is 1. The van der Waals surface area contributed by atoms with Crippen LogP contribution in [-0.4, -0.2) is 20.3 Å². The van der Waals surface area contributed by atoms with Crippen LogP contribution in [0.2, 0.25) is 0 Å². The van der Waals surface area contributed by atoms with Crippen LogP contribution in [0.3, 0.4) is 0 Å². The maximum Gasteiger partial charge on any atom is 0.119 e. The molecule has 0 saturated carbocycles. The van der Waals surface area contributed by atoms with Crippen LogP contribution in [-0.2, 0) is 11.3 Å². The molecule has 0 bridgehead atoms. The Morgan fingerprint density at radius 2 is 1.45 bits per heavy atom. The third-order valence-electron chi connectivity index (χ3n) is 3.14. The standard InChI is InChI=1S/C17H21NO2/c1-19-11-2-12-20-17-9-7-16(8-10-17)15-5-3-14(13-18)4-6-15/h3-10H,2,11-13,18H2,1H3. The van der Waals surface area contributed by atoms with Crippen LogP contribution < -0.4 is 10.5 Å². The van der Waals surface area contributed by atoms with Crippen molar-refractivity contribution in [3.8, 4) is 16.9 Å². The third kappa shape index (κ3) is 4.08. The summed E-state index contributed by atoms with van der Waals surface area (Å²) < 4.78 is 10.6. The van der Waals surface area contributed by atoms with Crippen molar-refractivity contribution in [3.63, 3.8) is 0 Å². The van der Waals surface area contributed by atoms with E-state index in [0.29, 0.717) is 13.2 Å². The first kappa shape index (κ1) is 14.6. The highest BCUT2D eigenvalue weighted by atomic mass is 16.5. The van der Waals surface area contributed by atoms with Gasteiger partial charge in [-0.2, -0.15) is 0 Å². The van der Waals surface area contributed by atoms with E-state index in [-0.39, 0.29) is 0 Å². The van der Waals surface area contributed by atoms with Crippen LogP contribution >= 0.6 is 0 Å². The highest BCUT2D eigenvalue weighted by molar-refractivity contribution is 5.64. The van der Waals surface area contributed by atoms with Gasteiger partial charge in [-0.1, -0.05) is 36.4 Å². The van der Waals surface area contributed by atoms with Crippen LogP contribution in [0, 0.1) is 0 Å². The molecule has 0 spiro atoms. The van der Waals surface area contributed by atoms with Gasteiger partial charge in [0.05, 0.1) is 6.61 Å². The van der Waals surface area contributed by atoms with Crippen molar-refractivity contribution in [2.45, 2.75) is 13.0 Å². The van der Waals surface area contributed by atoms with Crippen LogP contribution in [0.4, 0.5) is 0 Å². The van der Waals surface area contributed by atoms with E-state index in [1.165, 1.54) is 11.1 Å². The van der Waals surface area contributed by atoms with Crippen molar-refractivity contribution in [2.75, 3.05) is 20.3 Å². The lowest BCUT2D eigenvalue weighted by Gasteiger charge is -2.07. The summed E-state index contributed by atoms with van der Waals surface area (Å²) in [5, 5.41) is 0. The second kappa shape index (κ2) is 7.68. The van der Waals surface area contributed by atoms with E-state index in [1.54, 1.807) is 7.11 Å². The predicted molar refractivity (Wildman–Crippen MR) is 81.8 cm³/mol. The molecule has 2 N–H and O–H groups in total. The van der Waals surface area contributed by atoms with Gasteiger partial charge in [-0.15, -0.1) is 0 Å². The molecule has 0 fully saturated rings. The monoisotopic (exact) mass is 271 g/mol. The SMILES string of the molecule is COCCCOc1ccc(-c2ccc(CN)cc2)cc1. The van der Waals surface area contributed by atoms with Crippen LogP contribution in [0.15, 0.2) is 48.5 Å². The summed E-state index contributed by atoms with van der Waals surface area (Å²) in [6.07, 6.45) is 0.902. The molecule has 0 unspecified atom stereocenters. The molecule has 3 nitrogen and oxygen atoms in total. The predicted octanol–water partition coefficient (Wildman–Crippen LogP) is 3.23. The molecule has 0 aliphatic rings. The zero-order valence-electron chi connectivity index (χ0n) is 11.8. The van der Waals surface area contributed by atoms with E-state index in [9.17, 15) is 0 Å². The minimum atomic E-state index is 0.578. The van der Waals surface area contributed by atoms with Crippen molar-refractivity contribution >= 4 is 0 Å². The minimum absolute atomic E-state index is 0.578. The van der Waals surface area contributed by atoms with E-state index in [2.05, 4.69) is 36.4 Å². The number of hydrogen-bond acceptors (Lipinski definition) is 3. The van der Waals surface area contributed by atoms with Gasteiger partial charge in [0.2, 0.25) is 0 Å². The molecular formula is C17H21NO2. The smallest absolute Gasteiger partial charge is 0.119 e. The molecular weight excluding hydrogens is 250 g/mol. The normalized spacial score (nSPS) is 10.5. The van der Waals surface area contributed by atoms with Crippen LogP contribution in [0.5, 0.6) is 5.75 Å². The Bertz CT molecular complexity index is 506. The lowest BCUT2D eigenvalue weighted by atomic mass is 10.0. The van der Waals surface area contributed by atoms with E-state index >= 15 is 0 Å². The Morgan fingerprint density at radius 3 is 2.00 bits per heavy atom. The molecule has 0 amide bonds. The number of rotatable bonds is 7. The molecule has 0 aliphatic heterocycles. The molecule has 106 valence electrons. The Hall–Kier alpha value is -1.84. The number of nitrogens with two attached hydrogens (primary N) is 1. The summed E-state index contributed by atoms with van der Waals surface area (Å²) in [4.78, 5) is 0. The van der Waals surface area contributed by atoms with Gasteiger partial charge in [0.25, 0.3) is 0 Å². The summed E-state index contributed by atoms with van der Waals surface area (Å²) in [7, 11) is 1.70. The second-order valence-corrected chi connectivity index (χ2v) is 4.62. The maximum absolute atomic E-state index is 5.64. The van der Waals surface area contributed by atoms with Crippen molar-refractivity contribution in [1.29, 1.82) is 0 Å². The van der Waals surface area contributed by atoms with Gasteiger partial charge in [0.15, 0.2) is 0 Å². The lowest BCUT2D eigenvalue weighted by molar-refractivity contribution is 0.172. The summed E-state index contributed by atoms with van der Waals surface area (Å²) in [6, 6.07) is 16.5. The third-order valence-corrected chi connectivity index (χ3v) is 3.14. The maximum atomic E-state index is 5.64. The van der Waals surface area contributed by atoms with Gasteiger partial charge in [0, 0.05) is 26.7 Å². The lowest BCUT2D eigenvalue weighted by Crippen LogP contribution is -2.01. The van der Waals surface area contributed by atoms with Gasteiger partial charge in [-0.25, -0.2) is 0 Å². The largest absolute Gasteiger partial charge is 0.494 e. The van der Waals surface area contributed by atoms with E-state index in [0.717, 1.165) is 24.3 Å². The van der Waals surface area contributed by atoms with Gasteiger partial charge in [0.1, 0.15) is 5.75 Å². The van der Waals surface area contributed by atoms with Gasteiger partial charge in [-0.3, -0.25) is 0 Å². The van der Waals surface area contributed by atoms with E-state index in [4.69, 9.17) is 15.2 Å². The highest BCUT2D eigenvalue weighted by Gasteiger charge is 1.99. The fourth-order valence-electron chi connectivity index (χ4n) is 1.97. The molecule has 3 heteroatoms. The van der Waals surface area contributed by atoms with E-state index in [1.807, 2.05) is 12.1 Å². The van der Waals surface area contributed by atoms with Gasteiger partial charge >= 0.3 is 0 Å². The fraction of sp³-hybridized carbons (Fsp3) is 0.294. The number of ether oxygens (including phenoxy) is 2. The topological polar surface area (TPSA) is 44.5 Å². The van der Waals surface area contributed by atoms with E-state index < -0.39 is 0 Å². The summed E-state index contributed by atoms with van der Waals surface area (Å²) >= 11 is 0. The quantitative estimate of drug-likeness (QED) is 0.786. The van der Waals surface area contributed by atoms with Crippen molar-refractivity contribution in [1.82, 2.24) is 0 Å².